The van der Waals surface area contributed by atoms with E-state index in [4.69, 9.17) is 4.74 Å². The van der Waals surface area contributed by atoms with Crippen molar-refractivity contribution in [3.05, 3.63) is 29.3 Å². The number of nitrogens with zero attached hydrogens (tertiary/aromatic N) is 1. The van der Waals surface area contributed by atoms with Gasteiger partial charge in [-0.05, 0) is 36.5 Å². The van der Waals surface area contributed by atoms with Gasteiger partial charge < -0.3 is 15.4 Å². The molecule has 2 N–H and O–H groups in total. The molecule has 0 aliphatic rings. The number of hydrogen-bond acceptors (Lipinski definition) is 2. The maximum atomic E-state index is 5.34. The molecule has 0 fully saturated rings. The van der Waals surface area contributed by atoms with Crippen LogP contribution in [0, 0.1) is 12.8 Å². The summed E-state index contributed by atoms with van der Waals surface area (Å²) in [4.78, 5) is 4.21. The minimum Gasteiger partial charge on any atom is -0.496 e. The van der Waals surface area contributed by atoms with Gasteiger partial charge in [0.05, 0.1) is 7.11 Å². The van der Waals surface area contributed by atoms with Crippen LogP contribution in [0.1, 0.15) is 25.0 Å². The first-order chi connectivity index (χ1) is 9.56. The molecule has 0 spiro atoms. The molecule has 0 radical (unpaired) electrons. The predicted molar refractivity (Wildman–Crippen MR) is 85.6 cm³/mol. The zero-order chi connectivity index (χ0) is 15.0. The molecular weight excluding hydrogens is 250 g/mol. The second-order valence-electron chi connectivity index (χ2n) is 5.33. The van der Waals surface area contributed by atoms with Gasteiger partial charge in [0.2, 0.25) is 0 Å². The van der Waals surface area contributed by atoms with Crippen molar-refractivity contribution in [2.24, 2.45) is 10.9 Å². The van der Waals surface area contributed by atoms with Gasteiger partial charge in [0.1, 0.15) is 5.75 Å². The molecule has 0 aliphatic carbocycles. The molecule has 0 saturated heterocycles. The van der Waals surface area contributed by atoms with Gasteiger partial charge in [-0.15, -0.1) is 0 Å². The lowest BCUT2D eigenvalue weighted by Crippen LogP contribution is -2.39. The molecule has 1 aromatic carbocycles. The Kier molecular flexibility index (Phi) is 6.91. The zero-order valence-corrected chi connectivity index (χ0v) is 13.3. The Hall–Kier alpha value is -1.71. The number of benzene rings is 1. The lowest BCUT2D eigenvalue weighted by atomic mass is 10.1. The Morgan fingerprint density at radius 2 is 2.05 bits per heavy atom. The number of ether oxygens (including phenoxy) is 1. The summed E-state index contributed by atoms with van der Waals surface area (Å²) in [5.41, 5.74) is 2.43. The van der Waals surface area contributed by atoms with Crippen LogP contribution >= 0.6 is 0 Å². The van der Waals surface area contributed by atoms with E-state index < -0.39 is 0 Å². The summed E-state index contributed by atoms with van der Waals surface area (Å²) >= 11 is 0. The van der Waals surface area contributed by atoms with Crippen molar-refractivity contribution >= 4 is 5.96 Å². The monoisotopic (exact) mass is 277 g/mol. The van der Waals surface area contributed by atoms with E-state index in [2.05, 4.69) is 54.6 Å². The van der Waals surface area contributed by atoms with Crippen LogP contribution in [0.4, 0.5) is 0 Å². The van der Waals surface area contributed by atoms with Crippen molar-refractivity contribution in [2.45, 2.75) is 27.2 Å². The van der Waals surface area contributed by atoms with Crippen LogP contribution in [-0.2, 0) is 6.42 Å². The lowest BCUT2D eigenvalue weighted by Gasteiger charge is -2.13. The van der Waals surface area contributed by atoms with Gasteiger partial charge in [0.15, 0.2) is 5.96 Å². The summed E-state index contributed by atoms with van der Waals surface area (Å²) in [6.07, 6.45) is 0.943. The van der Waals surface area contributed by atoms with Crippen LogP contribution in [0.5, 0.6) is 5.75 Å². The largest absolute Gasteiger partial charge is 0.496 e. The van der Waals surface area contributed by atoms with Gasteiger partial charge in [-0.3, -0.25) is 4.99 Å². The van der Waals surface area contributed by atoms with E-state index in [1.807, 2.05) is 0 Å². The Balaban J connectivity index is 2.43. The zero-order valence-electron chi connectivity index (χ0n) is 13.3. The number of rotatable bonds is 6. The summed E-state index contributed by atoms with van der Waals surface area (Å²) in [6, 6.07) is 6.34. The molecular formula is C16H27N3O. The maximum Gasteiger partial charge on any atom is 0.190 e. The third kappa shape index (κ3) is 5.51. The van der Waals surface area contributed by atoms with Gasteiger partial charge in [-0.25, -0.2) is 0 Å². The third-order valence-electron chi connectivity index (χ3n) is 3.08. The van der Waals surface area contributed by atoms with E-state index in [0.717, 1.165) is 31.2 Å². The molecule has 0 saturated carbocycles. The van der Waals surface area contributed by atoms with Crippen LogP contribution < -0.4 is 15.4 Å². The molecule has 0 unspecified atom stereocenters. The molecule has 20 heavy (non-hydrogen) atoms. The van der Waals surface area contributed by atoms with Crippen LogP contribution in [-0.4, -0.2) is 33.2 Å². The molecule has 1 aromatic rings. The number of aryl methyl sites for hydroxylation is 1. The van der Waals surface area contributed by atoms with E-state index in [1.54, 1.807) is 14.2 Å². The average molecular weight is 277 g/mol. The van der Waals surface area contributed by atoms with E-state index in [1.165, 1.54) is 11.1 Å². The van der Waals surface area contributed by atoms with Crippen molar-refractivity contribution < 1.29 is 4.74 Å². The Bertz CT molecular complexity index is 441. The smallest absolute Gasteiger partial charge is 0.190 e. The van der Waals surface area contributed by atoms with Gasteiger partial charge in [0, 0.05) is 20.1 Å². The molecule has 0 aliphatic heterocycles. The second-order valence-corrected chi connectivity index (χ2v) is 5.33. The average Bonchev–Trinajstić information content (AvgIpc) is 2.44. The number of methoxy groups -OCH3 is 1. The van der Waals surface area contributed by atoms with Crippen molar-refractivity contribution in [3.8, 4) is 5.75 Å². The van der Waals surface area contributed by atoms with Crippen molar-refractivity contribution in [1.82, 2.24) is 10.6 Å². The fourth-order valence-corrected chi connectivity index (χ4v) is 1.87. The maximum absolute atomic E-state index is 5.34. The van der Waals surface area contributed by atoms with Crippen molar-refractivity contribution in [2.75, 3.05) is 27.2 Å². The van der Waals surface area contributed by atoms with Crippen LogP contribution in [0.15, 0.2) is 23.2 Å². The number of hydrogen-bond donors (Lipinski definition) is 2. The summed E-state index contributed by atoms with van der Waals surface area (Å²) in [5.74, 6) is 2.41. The molecule has 0 atom stereocenters. The fraction of sp³-hybridized carbons (Fsp3) is 0.562. The third-order valence-corrected chi connectivity index (χ3v) is 3.08. The van der Waals surface area contributed by atoms with E-state index in [-0.39, 0.29) is 0 Å². The first-order valence-corrected chi connectivity index (χ1v) is 7.14. The molecule has 4 heteroatoms. The highest BCUT2D eigenvalue weighted by molar-refractivity contribution is 5.79. The normalized spacial score (nSPS) is 11.6. The number of guanidine groups is 1. The minimum atomic E-state index is 0.606. The molecule has 112 valence electrons. The van der Waals surface area contributed by atoms with Crippen molar-refractivity contribution in [3.63, 3.8) is 0 Å². The summed E-state index contributed by atoms with van der Waals surface area (Å²) in [7, 11) is 3.51. The van der Waals surface area contributed by atoms with Gasteiger partial charge in [-0.1, -0.05) is 26.0 Å². The molecule has 4 nitrogen and oxygen atoms in total. The van der Waals surface area contributed by atoms with Gasteiger partial charge in [0.25, 0.3) is 0 Å². The van der Waals surface area contributed by atoms with E-state index in [0.29, 0.717) is 5.92 Å². The molecule has 0 aromatic heterocycles. The first kappa shape index (κ1) is 16.3. The topological polar surface area (TPSA) is 45.7 Å². The quantitative estimate of drug-likeness (QED) is 0.620. The van der Waals surface area contributed by atoms with Crippen molar-refractivity contribution in [1.29, 1.82) is 0 Å². The summed E-state index contributed by atoms with van der Waals surface area (Å²) < 4.78 is 5.34. The Morgan fingerprint density at radius 3 is 2.65 bits per heavy atom. The highest BCUT2D eigenvalue weighted by Crippen LogP contribution is 2.18. The first-order valence-electron chi connectivity index (χ1n) is 7.14. The second kappa shape index (κ2) is 8.46. The molecule has 0 heterocycles. The molecule has 0 bridgehead atoms. The molecule has 1 rings (SSSR count). The minimum absolute atomic E-state index is 0.606. The Morgan fingerprint density at radius 1 is 1.30 bits per heavy atom. The standard InChI is InChI=1S/C16H27N3O/c1-12(2)11-19-16(17-4)18-9-8-14-7-6-13(3)15(10-14)20-5/h6-7,10,12H,8-9,11H2,1-5H3,(H2,17,18,19). The summed E-state index contributed by atoms with van der Waals surface area (Å²) in [6.45, 7) is 8.19. The summed E-state index contributed by atoms with van der Waals surface area (Å²) in [5, 5.41) is 6.62. The van der Waals surface area contributed by atoms with Gasteiger partial charge >= 0.3 is 0 Å². The fourth-order valence-electron chi connectivity index (χ4n) is 1.87. The van der Waals surface area contributed by atoms with Gasteiger partial charge in [-0.2, -0.15) is 0 Å². The number of nitrogens with one attached hydrogen (secondary N) is 2. The van der Waals surface area contributed by atoms with Crippen LogP contribution in [0.25, 0.3) is 0 Å². The van der Waals surface area contributed by atoms with E-state index in [9.17, 15) is 0 Å². The number of aliphatic imine (C=N–C) groups is 1. The Labute approximate surface area is 122 Å². The predicted octanol–water partition coefficient (Wildman–Crippen LogP) is 2.37. The van der Waals surface area contributed by atoms with E-state index >= 15 is 0 Å². The van der Waals surface area contributed by atoms with Crippen LogP contribution in [0.3, 0.4) is 0 Å². The highest BCUT2D eigenvalue weighted by atomic mass is 16.5. The lowest BCUT2D eigenvalue weighted by molar-refractivity contribution is 0.411. The molecule has 0 amide bonds. The highest BCUT2D eigenvalue weighted by Gasteiger charge is 2.02. The van der Waals surface area contributed by atoms with Crippen LogP contribution in [0.2, 0.25) is 0 Å². The SMILES string of the molecule is CN=C(NCCc1ccc(C)c(OC)c1)NCC(C)C.